The van der Waals surface area contributed by atoms with E-state index >= 15 is 0 Å². The number of ether oxygens (including phenoxy) is 1. The smallest absolute Gasteiger partial charge is 0.372 e. The highest BCUT2D eigenvalue weighted by molar-refractivity contribution is 4.76. The Labute approximate surface area is 119 Å². The molecule has 1 saturated carbocycles. The van der Waals surface area contributed by atoms with E-state index in [1.165, 1.54) is 32.1 Å². The van der Waals surface area contributed by atoms with Gasteiger partial charge in [-0.3, -0.25) is 0 Å². The van der Waals surface area contributed by atoms with E-state index in [1.807, 2.05) is 0 Å². The van der Waals surface area contributed by atoms with E-state index in [0.717, 1.165) is 19.5 Å². The molecule has 0 spiro atoms. The first-order valence-corrected chi connectivity index (χ1v) is 7.61. The third-order valence-electron chi connectivity index (χ3n) is 3.74. The Hall–Kier alpha value is -0.330. The highest BCUT2D eigenvalue weighted by Gasteiger charge is 2.27. The summed E-state index contributed by atoms with van der Waals surface area (Å²) in [6.07, 6.45) is 3.60. The summed E-state index contributed by atoms with van der Waals surface area (Å²) in [6.45, 7) is 1.45. The normalized spacial score (nSPS) is 17.9. The van der Waals surface area contributed by atoms with Crippen LogP contribution in [0.25, 0.3) is 0 Å². The van der Waals surface area contributed by atoms with Crippen LogP contribution in [-0.2, 0) is 4.74 Å². The van der Waals surface area contributed by atoms with Gasteiger partial charge in [-0.2, -0.15) is 13.2 Å². The highest BCUT2D eigenvalue weighted by atomic mass is 19.4. The first kappa shape index (κ1) is 17.7. The maximum atomic E-state index is 11.9. The molecule has 0 bridgehead atoms. The highest BCUT2D eigenvalue weighted by Crippen LogP contribution is 2.23. The minimum atomic E-state index is -4.22. The fraction of sp³-hybridized carbons (Fsp3) is 1.00. The molecule has 1 aliphatic carbocycles. The standard InChI is InChI=1S/C14H27F3N2O/c15-14(16,17)12-20-11-5-10-19(9-4-8-18)13-6-2-1-3-7-13/h13H,1-12,18H2. The molecule has 120 valence electrons. The second kappa shape index (κ2) is 9.58. The summed E-state index contributed by atoms with van der Waals surface area (Å²) in [5, 5.41) is 0. The summed E-state index contributed by atoms with van der Waals surface area (Å²) in [4.78, 5) is 2.39. The first-order valence-electron chi connectivity index (χ1n) is 7.61. The molecule has 1 fully saturated rings. The zero-order valence-corrected chi connectivity index (χ0v) is 12.1. The van der Waals surface area contributed by atoms with Crippen LogP contribution in [0.4, 0.5) is 13.2 Å². The maximum Gasteiger partial charge on any atom is 0.411 e. The summed E-state index contributed by atoms with van der Waals surface area (Å²) in [6, 6.07) is 0.581. The lowest BCUT2D eigenvalue weighted by atomic mass is 9.94. The van der Waals surface area contributed by atoms with Crippen molar-refractivity contribution in [3.8, 4) is 0 Å². The lowest BCUT2D eigenvalue weighted by molar-refractivity contribution is -0.174. The summed E-state index contributed by atoms with van der Waals surface area (Å²) >= 11 is 0. The molecule has 0 amide bonds. The number of nitrogens with zero attached hydrogens (tertiary/aromatic N) is 1. The molecule has 3 nitrogen and oxygen atoms in total. The van der Waals surface area contributed by atoms with Gasteiger partial charge < -0.3 is 15.4 Å². The molecule has 0 unspecified atom stereocenters. The van der Waals surface area contributed by atoms with Gasteiger partial charge in [0.1, 0.15) is 6.61 Å². The van der Waals surface area contributed by atoms with Crippen molar-refractivity contribution in [1.82, 2.24) is 4.90 Å². The zero-order chi connectivity index (χ0) is 14.8. The van der Waals surface area contributed by atoms with Crippen molar-refractivity contribution in [3.05, 3.63) is 0 Å². The third kappa shape index (κ3) is 8.07. The molecule has 0 aromatic carbocycles. The lowest BCUT2D eigenvalue weighted by Crippen LogP contribution is -2.39. The third-order valence-corrected chi connectivity index (χ3v) is 3.74. The Balaban J connectivity index is 2.22. The van der Waals surface area contributed by atoms with Crippen molar-refractivity contribution in [2.45, 2.75) is 57.2 Å². The van der Waals surface area contributed by atoms with Crippen LogP contribution in [0.2, 0.25) is 0 Å². The second-order valence-electron chi connectivity index (χ2n) is 5.49. The molecular formula is C14H27F3N2O. The van der Waals surface area contributed by atoms with E-state index in [0.29, 0.717) is 19.0 Å². The molecule has 20 heavy (non-hydrogen) atoms. The topological polar surface area (TPSA) is 38.5 Å². The molecule has 0 radical (unpaired) electrons. The largest absolute Gasteiger partial charge is 0.411 e. The predicted octanol–water partition coefficient (Wildman–Crippen LogP) is 2.94. The lowest BCUT2D eigenvalue weighted by Gasteiger charge is -2.34. The quantitative estimate of drug-likeness (QED) is 0.665. The molecule has 1 aliphatic rings. The summed E-state index contributed by atoms with van der Waals surface area (Å²) in [5.41, 5.74) is 5.55. The Morgan fingerprint density at radius 2 is 1.70 bits per heavy atom. The van der Waals surface area contributed by atoms with Crippen molar-refractivity contribution in [2.75, 3.05) is 32.8 Å². The number of nitrogens with two attached hydrogens (primary N) is 1. The fourth-order valence-corrected chi connectivity index (χ4v) is 2.78. The van der Waals surface area contributed by atoms with Gasteiger partial charge in [0.05, 0.1) is 0 Å². The minimum absolute atomic E-state index is 0.172. The molecule has 0 aliphatic heterocycles. The number of rotatable bonds is 9. The fourth-order valence-electron chi connectivity index (χ4n) is 2.78. The second-order valence-corrected chi connectivity index (χ2v) is 5.49. The average molecular weight is 296 g/mol. The molecule has 2 N–H and O–H groups in total. The van der Waals surface area contributed by atoms with Gasteiger partial charge in [0.25, 0.3) is 0 Å². The van der Waals surface area contributed by atoms with E-state index in [1.54, 1.807) is 0 Å². The van der Waals surface area contributed by atoms with Crippen LogP contribution in [0.1, 0.15) is 44.9 Å². The van der Waals surface area contributed by atoms with Gasteiger partial charge in [-0.25, -0.2) is 0 Å². The van der Waals surface area contributed by atoms with Gasteiger partial charge in [0, 0.05) is 19.2 Å². The van der Waals surface area contributed by atoms with E-state index in [2.05, 4.69) is 9.64 Å². The van der Waals surface area contributed by atoms with Gasteiger partial charge in [0.15, 0.2) is 0 Å². The van der Waals surface area contributed by atoms with E-state index in [9.17, 15) is 13.2 Å². The van der Waals surface area contributed by atoms with Crippen molar-refractivity contribution >= 4 is 0 Å². The Kier molecular flexibility index (Phi) is 8.49. The number of hydrogen-bond donors (Lipinski definition) is 1. The SMILES string of the molecule is NCCCN(CCCOCC(F)(F)F)C1CCCCC1. The van der Waals surface area contributed by atoms with Crippen LogP contribution in [0, 0.1) is 0 Å². The van der Waals surface area contributed by atoms with Gasteiger partial charge in [-0.15, -0.1) is 0 Å². The van der Waals surface area contributed by atoms with Crippen LogP contribution < -0.4 is 5.73 Å². The molecule has 0 aromatic rings. The monoisotopic (exact) mass is 296 g/mol. The molecular weight excluding hydrogens is 269 g/mol. The van der Waals surface area contributed by atoms with E-state index < -0.39 is 12.8 Å². The van der Waals surface area contributed by atoms with Crippen molar-refractivity contribution < 1.29 is 17.9 Å². The van der Waals surface area contributed by atoms with Crippen LogP contribution in [0.3, 0.4) is 0 Å². The molecule has 0 saturated heterocycles. The van der Waals surface area contributed by atoms with Crippen LogP contribution in [0.5, 0.6) is 0 Å². The summed E-state index contributed by atoms with van der Waals surface area (Å²) in [5.74, 6) is 0. The number of hydrogen-bond acceptors (Lipinski definition) is 3. The molecule has 0 atom stereocenters. The van der Waals surface area contributed by atoms with Gasteiger partial charge in [0.2, 0.25) is 0 Å². The van der Waals surface area contributed by atoms with Crippen molar-refractivity contribution in [3.63, 3.8) is 0 Å². The van der Waals surface area contributed by atoms with Crippen LogP contribution in [-0.4, -0.2) is 50.0 Å². The Bertz CT molecular complexity index is 243. The van der Waals surface area contributed by atoms with Crippen LogP contribution >= 0.6 is 0 Å². The summed E-state index contributed by atoms with van der Waals surface area (Å²) < 4.78 is 40.5. The Morgan fingerprint density at radius 3 is 2.30 bits per heavy atom. The Morgan fingerprint density at radius 1 is 1.05 bits per heavy atom. The van der Waals surface area contributed by atoms with Gasteiger partial charge in [-0.05, 0) is 38.8 Å². The predicted molar refractivity (Wildman–Crippen MR) is 73.6 cm³/mol. The average Bonchev–Trinajstić information content (AvgIpc) is 2.41. The zero-order valence-electron chi connectivity index (χ0n) is 12.1. The number of alkyl halides is 3. The van der Waals surface area contributed by atoms with E-state index in [4.69, 9.17) is 5.73 Å². The molecule has 0 heterocycles. The minimum Gasteiger partial charge on any atom is -0.372 e. The maximum absolute atomic E-state index is 11.9. The van der Waals surface area contributed by atoms with Crippen molar-refractivity contribution in [2.24, 2.45) is 5.73 Å². The summed E-state index contributed by atoms with van der Waals surface area (Å²) in [7, 11) is 0. The van der Waals surface area contributed by atoms with Gasteiger partial charge in [-0.1, -0.05) is 19.3 Å². The first-order chi connectivity index (χ1) is 9.53. The number of halogens is 3. The molecule has 6 heteroatoms. The van der Waals surface area contributed by atoms with Crippen LogP contribution in [0.15, 0.2) is 0 Å². The molecule has 0 aromatic heterocycles. The van der Waals surface area contributed by atoms with Gasteiger partial charge >= 0.3 is 6.18 Å². The molecule has 1 rings (SSSR count). The van der Waals surface area contributed by atoms with E-state index in [-0.39, 0.29) is 6.61 Å². The van der Waals surface area contributed by atoms with Crippen molar-refractivity contribution in [1.29, 1.82) is 0 Å².